The molecule has 0 heterocycles. The van der Waals surface area contributed by atoms with Crippen LogP contribution in [0.1, 0.15) is 20.8 Å². The normalized spacial score (nSPS) is 10.5. The van der Waals surface area contributed by atoms with E-state index in [0.29, 0.717) is 0 Å². The third kappa shape index (κ3) is 26.1. The Kier molecular flexibility index (Phi) is 10.3. The molecule has 0 aliphatic rings. The van der Waals surface area contributed by atoms with E-state index in [1.54, 1.807) is 0 Å². The molecule has 60 valence electrons. The van der Waals surface area contributed by atoms with Gasteiger partial charge < -0.3 is 10.2 Å². The minimum Gasteiger partial charge on any atom is -0.394 e. The maximum absolute atomic E-state index is 8.11. The van der Waals surface area contributed by atoms with Crippen LogP contribution in [0, 0.1) is 0 Å². The zero-order valence-corrected chi connectivity index (χ0v) is 6.89. The lowest BCUT2D eigenvalue weighted by molar-refractivity contribution is 0.110. The third-order valence-electron chi connectivity index (χ3n) is 0.618. The highest BCUT2D eigenvalue weighted by Crippen LogP contribution is 1.77. The quantitative estimate of drug-likeness (QED) is 0.541. The summed E-state index contributed by atoms with van der Waals surface area (Å²) in [5, 5.41) is 16.0. The summed E-state index contributed by atoms with van der Waals surface area (Å²) in [6, 6.07) is 0. The van der Waals surface area contributed by atoms with Crippen LogP contribution in [-0.4, -0.2) is 22.9 Å². The molecule has 1 atom stereocenters. The molecule has 0 saturated carbocycles. The fourth-order valence-electron chi connectivity index (χ4n) is 0. The van der Waals surface area contributed by atoms with Crippen molar-refractivity contribution in [3.8, 4) is 0 Å². The Balaban J connectivity index is 0. The Labute approximate surface area is 62.5 Å². The highest BCUT2D eigenvalue weighted by Gasteiger charge is 1.83. The first-order valence-electron chi connectivity index (χ1n) is 3.16. The third-order valence-corrected chi connectivity index (χ3v) is 0.618. The van der Waals surface area contributed by atoms with Crippen molar-refractivity contribution in [2.24, 2.45) is 0 Å². The van der Waals surface area contributed by atoms with Crippen LogP contribution in [0.5, 0.6) is 0 Å². The first-order valence-corrected chi connectivity index (χ1v) is 3.16. The van der Waals surface area contributed by atoms with E-state index >= 15 is 0 Å². The standard InChI is InChI=1S/C5H8.C3H8O2/c1-4-5(2)3;1-3(5)2-4/h1H2,2-3H3;3-5H,2H2,1H3. The number of hydrogen-bond acceptors (Lipinski definition) is 2. The van der Waals surface area contributed by atoms with Crippen molar-refractivity contribution in [3.05, 3.63) is 17.9 Å². The molecule has 0 saturated heterocycles. The summed E-state index contributed by atoms with van der Waals surface area (Å²) in [7, 11) is 0. The highest BCUT2D eigenvalue weighted by atomic mass is 16.3. The summed E-state index contributed by atoms with van der Waals surface area (Å²) in [6.45, 7) is 8.72. The monoisotopic (exact) mass is 144 g/mol. The summed E-state index contributed by atoms with van der Waals surface area (Å²) >= 11 is 0. The molecule has 0 rings (SSSR count). The van der Waals surface area contributed by atoms with Crippen LogP contribution in [0.15, 0.2) is 17.9 Å². The Bertz CT molecular complexity index is 106. The molecule has 0 bridgehead atoms. The molecule has 0 aromatic rings. The number of aliphatic hydroxyl groups excluding tert-OH is 2. The van der Waals surface area contributed by atoms with E-state index in [0.717, 1.165) is 5.57 Å². The zero-order chi connectivity index (χ0) is 8.57. The molecular formula is C8H16O2. The smallest absolute Gasteiger partial charge is 0.0742 e. The highest BCUT2D eigenvalue weighted by molar-refractivity contribution is 4.87. The maximum Gasteiger partial charge on any atom is 0.0742 e. The molecule has 2 nitrogen and oxygen atoms in total. The lowest BCUT2D eigenvalue weighted by Gasteiger charge is -1.90. The van der Waals surface area contributed by atoms with Crippen LogP contribution in [0.2, 0.25) is 0 Å². The molecule has 10 heavy (non-hydrogen) atoms. The van der Waals surface area contributed by atoms with Crippen molar-refractivity contribution in [2.45, 2.75) is 26.9 Å². The van der Waals surface area contributed by atoms with Gasteiger partial charge in [0.15, 0.2) is 0 Å². The predicted molar refractivity (Wildman–Crippen MR) is 42.8 cm³/mol. The Hall–Kier alpha value is -0.560. The number of allylic oxidation sites excluding steroid dienone is 1. The van der Waals surface area contributed by atoms with E-state index in [9.17, 15) is 0 Å². The molecule has 0 aromatic carbocycles. The molecule has 0 fully saturated rings. The van der Waals surface area contributed by atoms with Crippen LogP contribution in [0.3, 0.4) is 0 Å². The first kappa shape index (κ1) is 12.1. The van der Waals surface area contributed by atoms with Gasteiger partial charge in [-0.3, -0.25) is 0 Å². The Morgan fingerprint density at radius 1 is 1.60 bits per heavy atom. The van der Waals surface area contributed by atoms with Gasteiger partial charge in [0.1, 0.15) is 0 Å². The maximum atomic E-state index is 8.11. The average Bonchev–Trinajstić information content (AvgIpc) is 1.89. The van der Waals surface area contributed by atoms with Gasteiger partial charge in [-0.25, -0.2) is 0 Å². The fourth-order valence-corrected chi connectivity index (χ4v) is 0. The van der Waals surface area contributed by atoms with Gasteiger partial charge in [-0.15, -0.1) is 5.73 Å². The molecule has 0 amide bonds. The van der Waals surface area contributed by atoms with Crippen molar-refractivity contribution in [1.29, 1.82) is 0 Å². The van der Waals surface area contributed by atoms with E-state index in [2.05, 4.69) is 12.3 Å². The molecule has 2 N–H and O–H groups in total. The van der Waals surface area contributed by atoms with Crippen LogP contribution in [0.25, 0.3) is 0 Å². The molecular weight excluding hydrogens is 128 g/mol. The van der Waals surface area contributed by atoms with E-state index in [4.69, 9.17) is 10.2 Å². The van der Waals surface area contributed by atoms with Gasteiger partial charge in [0, 0.05) is 0 Å². The summed E-state index contributed by atoms with van der Waals surface area (Å²) in [6.07, 6.45) is -0.560. The van der Waals surface area contributed by atoms with Gasteiger partial charge in [0.25, 0.3) is 0 Å². The molecule has 2 heteroatoms. The minimum absolute atomic E-state index is 0.139. The number of rotatable bonds is 1. The lowest BCUT2D eigenvalue weighted by atomic mass is 10.4. The molecule has 0 aromatic heterocycles. The van der Waals surface area contributed by atoms with Gasteiger partial charge >= 0.3 is 0 Å². The molecule has 0 aliphatic heterocycles. The van der Waals surface area contributed by atoms with Crippen molar-refractivity contribution in [3.63, 3.8) is 0 Å². The first-order chi connectivity index (χ1) is 4.54. The number of hydrogen-bond donors (Lipinski definition) is 2. The van der Waals surface area contributed by atoms with Crippen LogP contribution in [-0.2, 0) is 0 Å². The van der Waals surface area contributed by atoms with Crippen molar-refractivity contribution >= 4 is 0 Å². The van der Waals surface area contributed by atoms with E-state index in [1.165, 1.54) is 6.92 Å². The van der Waals surface area contributed by atoms with Gasteiger partial charge in [0.05, 0.1) is 12.7 Å². The summed E-state index contributed by atoms with van der Waals surface area (Å²) < 4.78 is 0. The van der Waals surface area contributed by atoms with Crippen molar-refractivity contribution in [2.75, 3.05) is 6.61 Å². The van der Waals surface area contributed by atoms with Gasteiger partial charge in [0.2, 0.25) is 0 Å². The minimum atomic E-state index is -0.560. The average molecular weight is 144 g/mol. The van der Waals surface area contributed by atoms with Crippen molar-refractivity contribution in [1.82, 2.24) is 0 Å². The topological polar surface area (TPSA) is 40.5 Å². The van der Waals surface area contributed by atoms with E-state index < -0.39 is 6.10 Å². The SMILES string of the molecule is C=C=C(C)C.CC(O)CO. The molecule has 0 radical (unpaired) electrons. The number of aliphatic hydroxyl groups is 2. The van der Waals surface area contributed by atoms with Gasteiger partial charge in [-0.2, -0.15) is 0 Å². The zero-order valence-electron chi connectivity index (χ0n) is 6.89. The van der Waals surface area contributed by atoms with E-state index in [1.807, 2.05) is 13.8 Å². The largest absolute Gasteiger partial charge is 0.394 e. The fraction of sp³-hybridized carbons (Fsp3) is 0.625. The molecule has 0 spiro atoms. The Morgan fingerprint density at radius 3 is 1.80 bits per heavy atom. The summed E-state index contributed by atoms with van der Waals surface area (Å²) in [5.74, 6) is 0. The lowest BCUT2D eigenvalue weighted by Crippen LogP contribution is -2.03. The predicted octanol–water partition coefficient (Wildman–Crippen LogP) is 1.10. The van der Waals surface area contributed by atoms with Crippen molar-refractivity contribution < 1.29 is 10.2 Å². The molecule has 1 unspecified atom stereocenters. The van der Waals surface area contributed by atoms with Crippen LogP contribution in [0.4, 0.5) is 0 Å². The summed E-state index contributed by atoms with van der Waals surface area (Å²) in [5.41, 5.74) is 3.84. The second-order valence-electron chi connectivity index (χ2n) is 2.21. The van der Waals surface area contributed by atoms with Crippen LogP contribution < -0.4 is 0 Å². The second-order valence-corrected chi connectivity index (χ2v) is 2.21. The van der Waals surface area contributed by atoms with Gasteiger partial charge in [-0.05, 0) is 26.3 Å². The Morgan fingerprint density at radius 2 is 1.80 bits per heavy atom. The second kappa shape index (κ2) is 8.44. The summed E-state index contributed by atoms with van der Waals surface area (Å²) in [4.78, 5) is 0. The molecule has 0 aliphatic carbocycles. The van der Waals surface area contributed by atoms with Crippen LogP contribution >= 0.6 is 0 Å². The van der Waals surface area contributed by atoms with Gasteiger partial charge in [-0.1, -0.05) is 6.58 Å². The van der Waals surface area contributed by atoms with E-state index in [-0.39, 0.29) is 6.61 Å².